The minimum atomic E-state index is -0.565. The van der Waals surface area contributed by atoms with Gasteiger partial charge in [-0.25, -0.2) is 0 Å². The zero-order valence-corrected chi connectivity index (χ0v) is 22.0. The average molecular weight is 540 g/mol. The Kier molecular flexibility index (Phi) is 8.90. The molecule has 1 N–H and O–H groups in total. The predicted octanol–water partition coefficient (Wildman–Crippen LogP) is 3.77. The molecule has 2 aromatic carbocycles. The lowest BCUT2D eigenvalue weighted by atomic mass is 10.2. The number of carbonyl (C=O) groups excluding carboxylic acids is 4. The Bertz CT molecular complexity index is 1260. The molecule has 4 amide bonds. The van der Waals surface area contributed by atoms with Gasteiger partial charge in [0.1, 0.15) is 12.3 Å². The van der Waals surface area contributed by atoms with Crippen LogP contribution in [0.15, 0.2) is 47.4 Å². The van der Waals surface area contributed by atoms with Gasteiger partial charge in [0.05, 0.1) is 24.3 Å². The SMILES string of the molecule is CCOc1cc(/C=C2\SC(=O)N(CC(=O)Nc3ccccc3OC)C2=O)ccc1OCC(=O)N1CCCC1. The maximum absolute atomic E-state index is 12.9. The molecule has 200 valence electrons. The lowest BCUT2D eigenvalue weighted by molar-refractivity contribution is -0.132. The van der Waals surface area contributed by atoms with Crippen molar-refractivity contribution in [3.8, 4) is 17.2 Å². The molecular weight excluding hydrogens is 510 g/mol. The number of nitrogens with one attached hydrogen (secondary N) is 1. The molecule has 0 spiro atoms. The zero-order chi connectivity index (χ0) is 27.1. The highest BCUT2D eigenvalue weighted by molar-refractivity contribution is 8.18. The molecule has 0 radical (unpaired) electrons. The van der Waals surface area contributed by atoms with Gasteiger partial charge >= 0.3 is 0 Å². The number of methoxy groups -OCH3 is 1. The summed E-state index contributed by atoms with van der Waals surface area (Å²) >= 11 is 0.756. The van der Waals surface area contributed by atoms with Crippen molar-refractivity contribution in [2.75, 3.05) is 45.3 Å². The van der Waals surface area contributed by atoms with Gasteiger partial charge in [-0.3, -0.25) is 24.1 Å². The third kappa shape index (κ3) is 6.46. The highest BCUT2D eigenvalue weighted by atomic mass is 32.2. The largest absolute Gasteiger partial charge is 0.495 e. The predicted molar refractivity (Wildman–Crippen MR) is 143 cm³/mol. The summed E-state index contributed by atoms with van der Waals surface area (Å²) in [6.45, 7) is 3.18. The summed E-state index contributed by atoms with van der Waals surface area (Å²) in [6.07, 6.45) is 3.57. The van der Waals surface area contributed by atoms with Crippen molar-refractivity contribution < 1.29 is 33.4 Å². The monoisotopic (exact) mass is 539 g/mol. The number of thioether (sulfide) groups is 1. The Labute approximate surface area is 224 Å². The summed E-state index contributed by atoms with van der Waals surface area (Å²) < 4.78 is 16.6. The highest BCUT2D eigenvalue weighted by Gasteiger charge is 2.36. The summed E-state index contributed by atoms with van der Waals surface area (Å²) in [5.74, 6) is 0.139. The number of amides is 4. The number of carbonyl (C=O) groups is 4. The number of para-hydroxylation sites is 2. The Morgan fingerprint density at radius 3 is 2.53 bits per heavy atom. The third-order valence-electron chi connectivity index (χ3n) is 5.93. The number of hydrogen-bond donors (Lipinski definition) is 1. The van der Waals surface area contributed by atoms with Crippen molar-refractivity contribution in [3.63, 3.8) is 0 Å². The van der Waals surface area contributed by atoms with Crippen LogP contribution in [0, 0.1) is 0 Å². The number of benzene rings is 2. The van der Waals surface area contributed by atoms with Crippen LogP contribution in [0.4, 0.5) is 10.5 Å². The van der Waals surface area contributed by atoms with E-state index in [2.05, 4.69) is 5.32 Å². The standard InChI is InChI=1S/C27H29N3O7S/c1-3-36-22-14-18(10-11-21(22)37-17-25(32)29-12-6-7-13-29)15-23-26(33)30(27(34)38-23)16-24(31)28-19-8-4-5-9-20(19)35-2/h4-5,8-11,14-15H,3,6-7,12-13,16-17H2,1-2H3,(H,28,31)/b23-15-. The maximum atomic E-state index is 12.9. The first-order valence-electron chi connectivity index (χ1n) is 12.2. The topological polar surface area (TPSA) is 114 Å². The first kappa shape index (κ1) is 27.1. The van der Waals surface area contributed by atoms with Gasteiger partial charge in [0.15, 0.2) is 18.1 Å². The molecule has 2 aliphatic rings. The van der Waals surface area contributed by atoms with E-state index >= 15 is 0 Å². The van der Waals surface area contributed by atoms with Gasteiger partial charge in [0.2, 0.25) is 5.91 Å². The maximum Gasteiger partial charge on any atom is 0.294 e. The van der Waals surface area contributed by atoms with E-state index in [1.165, 1.54) is 7.11 Å². The van der Waals surface area contributed by atoms with Crippen molar-refractivity contribution in [3.05, 3.63) is 52.9 Å². The van der Waals surface area contributed by atoms with Crippen LogP contribution in [0.5, 0.6) is 17.2 Å². The van der Waals surface area contributed by atoms with Crippen molar-refractivity contribution in [2.45, 2.75) is 19.8 Å². The third-order valence-corrected chi connectivity index (χ3v) is 6.84. The van der Waals surface area contributed by atoms with Crippen molar-refractivity contribution in [1.29, 1.82) is 0 Å². The molecule has 2 aliphatic heterocycles. The van der Waals surface area contributed by atoms with Crippen LogP contribution in [-0.2, 0) is 14.4 Å². The van der Waals surface area contributed by atoms with E-state index in [9.17, 15) is 19.2 Å². The molecule has 0 saturated carbocycles. The van der Waals surface area contributed by atoms with E-state index in [4.69, 9.17) is 14.2 Å². The second-order valence-corrected chi connectivity index (χ2v) is 9.53. The molecule has 0 aromatic heterocycles. The second-order valence-electron chi connectivity index (χ2n) is 8.53. The molecule has 2 saturated heterocycles. The Hall–Kier alpha value is -3.99. The minimum absolute atomic E-state index is 0.0718. The van der Waals surface area contributed by atoms with E-state index < -0.39 is 23.6 Å². The molecular formula is C27H29N3O7S. The van der Waals surface area contributed by atoms with Crippen LogP contribution in [-0.4, -0.2) is 72.7 Å². The van der Waals surface area contributed by atoms with Gasteiger partial charge in [-0.05, 0) is 67.4 Å². The zero-order valence-electron chi connectivity index (χ0n) is 21.2. The van der Waals surface area contributed by atoms with Crippen molar-refractivity contribution >= 4 is 46.5 Å². The van der Waals surface area contributed by atoms with Gasteiger partial charge < -0.3 is 24.4 Å². The summed E-state index contributed by atoms with van der Waals surface area (Å²) in [5, 5.41) is 2.12. The van der Waals surface area contributed by atoms with Crippen molar-refractivity contribution in [2.24, 2.45) is 0 Å². The quantitative estimate of drug-likeness (QED) is 0.454. The lowest BCUT2D eigenvalue weighted by Crippen LogP contribution is -2.36. The number of rotatable bonds is 10. The molecule has 4 rings (SSSR count). The summed E-state index contributed by atoms with van der Waals surface area (Å²) in [6, 6.07) is 11.9. The van der Waals surface area contributed by atoms with Gasteiger partial charge in [-0.15, -0.1) is 0 Å². The molecule has 11 heteroatoms. The first-order valence-corrected chi connectivity index (χ1v) is 13.1. The van der Waals surface area contributed by atoms with E-state index in [0.717, 1.165) is 42.6 Å². The van der Waals surface area contributed by atoms with E-state index in [1.54, 1.807) is 53.4 Å². The molecule has 2 fully saturated rings. The molecule has 0 bridgehead atoms. The number of hydrogen-bond acceptors (Lipinski definition) is 8. The fourth-order valence-electron chi connectivity index (χ4n) is 4.07. The Morgan fingerprint density at radius 2 is 1.79 bits per heavy atom. The molecule has 0 atom stereocenters. The summed E-state index contributed by atoms with van der Waals surface area (Å²) in [7, 11) is 1.48. The molecule has 0 unspecified atom stereocenters. The number of likely N-dealkylation sites (tertiary alicyclic amines) is 1. The van der Waals surface area contributed by atoms with Gasteiger partial charge in [-0.2, -0.15) is 0 Å². The average Bonchev–Trinajstić information content (AvgIpc) is 3.54. The van der Waals surface area contributed by atoms with Gasteiger partial charge in [-0.1, -0.05) is 18.2 Å². The lowest BCUT2D eigenvalue weighted by Gasteiger charge is -2.17. The summed E-state index contributed by atoms with van der Waals surface area (Å²) in [4.78, 5) is 53.2. The highest BCUT2D eigenvalue weighted by Crippen LogP contribution is 2.35. The van der Waals surface area contributed by atoms with E-state index in [0.29, 0.717) is 35.1 Å². The molecule has 10 nitrogen and oxygen atoms in total. The van der Waals surface area contributed by atoms with E-state index in [1.807, 2.05) is 6.92 Å². The van der Waals surface area contributed by atoms with Crippen LogP contribution in [0.2, 0.25) is 0 Å². The molecule has 2 heterocycles. The first-order chi connectivity index (χ1) is 18.4. The normalized spacial score (nSPS) is 16.2. The van der Waals surface area contributed by atoms with Crippen LogP contribution in [0.3, 0.4) is 0 Å². The Morgan fingerprint density at radius 1 is 1.03 bits per heavy atom. The Balaban J connectivity index is 1.42. The fourth-order valence-corrected chi connectivity index (χ4v) is 4.91. The second kappa shape index (κ2) is 12.5. The van der Waals surface area contributed by atoms with Crippen LogP contribution >= 0.6 is 11.8 Å². The van der Waals surface area contributed by atoms with Crippen LogP contribution in [0.25, 0.3) is 6.08 Å². The smallest absolute Gasteiger partial charge is 0.294 e. The molecule has 0 aliphatic carbocycles. The number of nitrogens with zero attached hydrogens (tertiary/aromatic N) is 2. The molecule has 38 heavy (non-hydrogen) atoms. The van der Waals surface area contributed by atoms with Crippen molar-refractivity contribution in [1.82, 2.24) is 9.80 Å². The van der Waals surface area contributed by atoms with Crippen LogP contribution in [0.1, 0.15) is 25.3 Å². The van der Waals surface area contributed by atoms with Crippen LogP contribution < -0.4 is 19.5 Å². The number of anilines is 1. The number of ether oxygens (including phenoxy) is 3. The van der Waals surface area contributed by atoms with E-state index in [-0.39, 0.29) is 17.4 Å². The number of imide groups is 1. The fraction of sp³-hybridized carbons (Fsp3) is 0.333. The minimum Gasteiger partial charge on any atom is -0.495 e. The van der Waals surface area contributed by atoms with Gasteiger partial charge in [0, 0.05) is 13.1 Å². The van der Waals surface area contributed by atoms with Gasteiger partial charge in [0.25, 0.3) is 17.1 Å². The summed E-state index contributed by atoms with van der Waals surface area (Å²) in [5.41, 5.74) is 1.05. The molecule has 2 aromatic rings.